The number of hydrogen-bond donors (Lipinski definition) is 0. The van der Waals surface area contributed by atoms with Crippen molar-refractivity contribution in [3.63, 3.8) is 0 Å². The third-order valence-corrected chi connectivity index (χ3v) is 8.71. The first kappa shape index (κ1) is 16.9. The molecule has 3 heterocycles. The molecule has 3 fully saturated rings. The average molecular weight is 323 g/mol. The zero-order valence-corrected chi connectivity index (χ0v) is 15.6. The van der Waals surface area contributed by atoms with E-state index in [0.29, 0.717) is 0 Å². The summed E-state index contributed by atoms with van der Waals surface area (Å²) < 4.78 is 8.86. The van der Waals surface area contributed by atoms with Crippen molar-refractivity contribution >= 4 is 9.28 Å². The molecule has 3 nitrogen and oxygen atoms in total. The van der Waals surface area contributed by atoms with Crippen LogP contribution in [0.3, 0.4) is 0 Å². The fraction of sp³-hybridized carbons (Fsp3) is 1.00. The van der Waals surface area contributed by atoms with Crippen LogP contribution >= 0.6 is 0 Å². The molecule has 0 spiro atoms. The SMILES string of the molecule is C1CCCN([Si](N2CCCCCC2)N2CCCCCC2)CC1. The Balaban J connectivity index is 1.72. The standard InChI is InChI=1S/C18H36N3Si/c1-2-8-14-19(13-7-1)22(20-15-9-3-4-10-16-20)21-17-11-5-6-12-18-21/h1-18H2. The normalized spacial score (nSPS) is 28.2. The molecule has 0 atom stereocenters. The van der Waals surface area contributed by atoms with E-state index in [1.807, 2.05) is 0 Å². The second kappa shape index (κ2) is 9.41. The minimum atomic E-state index is -0.615. The van der Waals surface area contributed by atoms with E-state index >= 15 is 0 Å². The van der Waals surface area contributed by atoms with Crippen LogP contribution < -0.4 is 0 Å². The highest BCUT2D eigenvalue weighted by Gasteiger charge is 2.35. The van der Waals surface area contributed by atoms with Crippen LogP contribution in [0.25, 0.3) is 0 Å². The van der Waals surface area contributed by atoms with Crippen molar-refractivity contribution in [3.8, 4) is 0 Å². The second-order valence-corrected chi connectivity index (χ2v) is 10.0. The Morgan fingerprint density at radius 2 is 0.545 bits per heavy atom. The van der Waals surface area contributed by atoms with Crippen molar-refractivity contribution in [2.24, 2.45) is 0 Å². The summed E-state index contributed by atoms with van der Waals surface area (Å²) in [6, 6.07) is 0. The van der Waals surface area contributed by atoms with Crippen LogP contribution in [0.5, 0.6) is 0 Å². The molecule has 0 amide bonds. The fourth-order valence-corrected chi connectivity index (χ4v) is 7.76. The van der Waals surface area contributed by atoms with E-state index in [1.54, 1.807) is 0 Å². The largest absolute Gasteiger partial charge is 0.327 e. The van der Waals surface area contributed by atoms with Crippen molar-refractivity contribution in [3.05, 3.63) is 0 Å². The smallest absolute Gasteiger partial charge is 0.299 e. The average Bonchev–Trinajstić information content (AvgIpc) is 3.04. The zero-order valence-electron chi connectivity index (χ0n) is 14.6. The predicted molar refractivity (Wildman–Crippen MR) is 95.9 cm³/mol. The van der Waals surface area contributed by atoms with Gasteiger partial charge in [-0.05, 0) is 77.8 Å². The van der Waals surface area contributed by atoms with Gasteiger partial charge in [0.15, 0.2) is 0 Å². The van der Waals surface area contributed by atoms with Gasteiger partial charge in [0.25, 0.3) is 0 Å². The lowest BCUT2D eigenvalue weighted by Gasteiger charge is -2.42. The molecule has 0 unspecified atom stereocenters. The Bertz CT molecular complexity index is 241. The topological polar surface area (TPSA) is 9.72 Å². The third kappa shape index (κ3) is 4.79. The predicted octanol–water partition coefficient (Wildman–Crippen LogP) is 3.60. The Morgan fingerprint density at radius 3 is 0.773 bits per heavy atom. The molecule has 3 aliphatic rings. The zero-order chi connectivity index (χ0) is 15.0. The van der Waals surface area contributed by atoms with Crippen LogP contribution in [0, 0.1) is 0 Å². The van der Waals surface area contributed by atoms with Crippen LogP contribution in [-0.4, -0.2) is 62.2 Å². The maximum Gasteiger partial charge on any atom is 0.327 e. The lowest BCUT2D eigenvalue weighted by molar-refractivity contribution is 0.273. The lowest BCUT2D eigenvalue weighted by Crippen LogP contribution is -2.63. The molecular weight excluding hydrogens is 286 g/mol. The summed E-state index contributed by atoms with van der Waals surface area (Å²) in [5, 5.41) is 0. The van der Waals surface area contributed by atoms with Crippen molar-refractivity contribution < 1.29 is 0 Å². The van der Waals surface area contributed by atoms with E-state index in [9.17, 15) is 0 Å². The van der Waals surface area contributed by atoms with Crippen LogP contribution in [-0.2, 0) is 0 Å². The van der Waals surface area contributed by atoms with Gasteiger partial charge in [0, 0.05) is 0 Å². The minimum absolute atomic E-state index is 0.615. The summed E-state index contributed by atoms with van der Waals surface area (Å²) in [7, 11) is -0.615. The van der Waals surface area contributed by atoms with Gasteiger partial charge in [-0.1, -0.05) is 38.5 Å². The Hall–Kier alpha value is 0.0969. The molecule has 0 aromatic rings. The van der Waals surface area contributed by atoms with Gasteiger partial charge in [-0.2, -0.15) is 0 Å². The highest BCUT2D eigenvalue weighted by atomic mass is 28.3. The lowest BCUT2D eigenvalue weighted by atomic mass is 10.2. The summed E-state index contributed by atoms with van der Waals surface area (Å²) in [6.45, 7) is 8.26. The molecule has 0 N–H and O–H groups in total. The Labute approximate surface area is 139 Å². The van der Waals surface area contributed by atoms with Crippen LogP contribution in [0.4, 0.5) is 0 Å². The Kier molecular flexibility index (Phi) is 7.24. The van der Waals surface area contributed by atoms with E-state index in [-0.39, 0.29) is 0 Å². The Morgan fingerprint density at radius 1 is 0.318 bits per heavy atom. The second-order valence-electron chi connectivity index (χ2n) is 7.50. The van der Waals surface area contributed by atoms with Crippen molar-refractivity contribution in [1.82, 2.24) is 13.7 Å². The monoisotopic (exact) mass is 322 g/mol. The van der Waals surface area contributed by atoms with E-state index in [2.05, 4.69) is 13.7 Å². The van der Waals surface area contributed by atoms with Gasteiger partial charge in [0.05, 0.1) is 0 Å². The van der Waals surface area contributed by atoms with Gasteiger partial charge < -0.3 is 0 Å². The van der Waals surface area contributed by atoms with Gasteiger partial charge in [-0.15, -0.1) is 0 Å². The molecule has 22 heavy (non-hydrogen) atoms. The van der Waals surface area contributed by atoms with E-state index < -0.39 is 9.28 Å². The van der Waals surface area contributed by atoms with Crippen LogP contribution in [0.2, 0.25) is 0 Å². The molecular formula is C18H36N3Si. The molecule has 1 radical (unpaired) electrons. The number of rotatable bonds is 3. The summed E-state index contributed by atoms with van der Waals surface area (Å²) in [5.74, 6) is 0. The molecule has 0 bridgehead atoms. The quantitative estimate of drug-likeness (QED) is 0.735. The highest BCUT2D eigenvalue weighted by Crippen LogP contribution is 2.21. The number of hydrogen-bond acceptors (Lipinski definition) is 3. The molecule has 0 saturated carbocycles. The first-order valence-electron chi connectivity index (χ1n) is 10.1. The molecule has 3 rings (SSSR count). The van der Waals surface area contributed by atoms with Gasteiger partial charge >= 0.3 is 9.28 Å². The van der Waals surface area contributed by atoms with Gasteiger partial charge in [-0.3, -0.25) is 13.7 Å². The summed E-state index contributed by atoms with van der Waals surface area (Å²) in [4.78, 5) is 0. The van der Waals surface area contributed by atoms with Crippen molar-refractivity contribution in [2.75, 3.05) is 39.3 Å². The summed E-state index contributed by atoms with van der Waals surface area (Å²) >= 11 is 0. The van der Waals surface area contributed by atoms with E-state index in [4.69, 9.17) is 0 Å². The molecule has 0 aromatic heterocycles. The third-order valence-electron chi connectivity index (χ3n) is 5.67. The highest BCUT2D eigenvalue weighted by molar-refractivity contribution is 6.49. The molecule has 4 heteroatoms. The first-order chi connectivity index (χ1) is 10.9. The first-order valence-corrected chi connectivity index (χ1v) is 11.4. The van der Waals surface area contributed by atoms with Gasteiger partial charge in [-0.25, -0.2) is 0 Å². The number of nitrogens with zero attached hydrogens (tertiary/aromatic N) is 3. The van der Waals surface area contributed by atoms with Gasteiger partial charge in [0.1, 0.15) is 0 Å². The maximum atomic E-state index is 2.95. The fourth-order valence-electron chi connectivity index (χ4n) is 4.41. The van der Waals surface area contributed by atoms with E-state index in [0.717, 1.165) is 0 Å². The summed E-state index contributed by atoms with van der Waals surface area (Å²) in [6.07, 6.45) is 17.4. The maximum absolute atomic E-state index is 2.95. The molecule has 3 saturated heterocycles. The van der Waals surface area contributed by atoms with Gasteiger partial charge in [0.2, 0.25) is 0 Å². The molecule has 0 aromatic carbocycles. The van der Waals surface area contributed by atoms with Crippen molar-refractivity contribution in [1.29, 1.82) is 0 Å². The molecule has 3 aliphatic heterocycles. The van der Waals surface area contributed by atoms with Crippen LogP contribution in [0.1, 0.15) is 77.0 Å². The van der Waals surface area contributed by atoms with E-state index in [1.165, 1.54) is 116 Å². The summed E-state index contributed by atoms with van der Waals surface area (Å²) in [5.41, 5.74) is 0. The molecule has 0 aliphatic carbocycles. The van der Waals surface area contributed by atoms with Crippen LogP contribution in [0.15, 0.2) is 0 Å². The minimum Gasteiger partial charge on any atom is -0.299 e. The van der Waals surface area contributed by atoms with Crippen molar-refractivity contribution in [2.45, 2.75) is 77.0 Å². The molecule has 127 valence electrons.